The van der Waals surface area contributed by atoms with E-state index in [9.17, 15) is 9.59 Å². The van der Waals surface area contributed by atoms with Crippen LogP contribution in [0.25, 0.3) is 0 Å². The molecule has 0 aliphatic carbocycles. The molecule has 1 aliphatic heterocycles. The fourth-order valence-corrected chi connectivity index (χ4v) is 2.93. The third-order valence-corrected chi connectivity index (χ3v) is 4.07. The Labute approximate surface area is 135 Å². The Morgan fingerprint density at radius 3 is 2.38 bits per heavy atom. The summed E-state index contributed by atoms with van der Waals surface area (Å²) >= 11 is 1.52. The molecule has 1 aliphatic rings. The lowest BCUT2D eigenvalue weighted by molar-refractivity contribution is -0.135. The molecule has 118 valence electrons. The van der Waals surface area contributed by atoms with Crippen molar-refractivity contribution in [1.29, 1.82) is 0 Å². The monoisotopic (exact) mass is 331 g/mol. The predicted molar refractivity (Wildman–Crippen MR) is 86.9 cm³/mol. The van der Waals surface area contributed by atoms with Crippen LogP contribution >= 0.6 is 23.7 Å². The van der Waals surface area contributed by atoms with Gasteiger partial charge in [-0.1, -0.05) is 0 Å². The third-order valence-electron chi connectivity index (χ3n) is 3.39. The maximum atomic E-state index is 12.3. The molecular formula is C14H22ClN3O2S. The fourth-order valence-electron chi connectivity index (χ4n) is 2.30. The van der Waals surface area contributed by atoms with Gasteiger partial charge in [-0.3, -0.25) is 9.59 Å². The number of amides is 2. The Morgan fingerprint density at radius 2 is 1.81 bits per heavy atom. The molecule has 0 spiro atoms. The van der Waals surface area contributed by atoms with Gasteiger partial charge in [0.1, 0.15) is 0 Å². The first-order valence-electron chi connectivity index (χ1n) is 6.79. The van der Waals surface area contributed by atoms with E-state index in [2.05, 4.69) is 0 Å². The van der Waals surface area contributed by atoms with Gasteiger partial charge in [-0.15, -0.1) is 12.4 Å². The summed E-state index contributed by atoms with van der Waals surface area (Å²) < 4.78 is 0. The molecule has 0 atom stereocenters. The normalized spacial score (nSPS) is 16.1. The van der Waals surface area contributed by atoms with Crippen molar-refractivity contribution in [1.82, 2.24) is 9.80 Å². The second kappa shape index (κ2) is 7.24. The third kappa shape index (κ3) is 4.43. The molecule has 0 unspecified atom stereocenters. The highest BCUT2D eigenvalue weighted by Gasteiger charge is 2.30. The summed E-state index contributed by atoms with van der Waals surface area (Å²) in [6.45, 7) is 5.89. The zero-order valence-electron chi connectivity index (χ0n) is 12.4. The van der Waals surface area contributed by atoms with Crippen LogP contribution in [-0.4, -0.2) is 53.3 Å². The predicted octanol–water partition coefficient (Wildman–Crippen LogP) is 1.58. The molecule has 2 N–H and O–H groups in total. The molecule has 2 amide bonds. The van der Waals surface area contributed by atoms with E-state index in [0.29, 0.717) is 26.2 Å². The van der Waals surface area contributed by atoms with Gasteiger partial charge in [0, 0.05) is 31.6 Å². The van der Waals surface area contributed by atoms with Crippen LogP contribution in [0.3, 0.4) is 0 Å². The van der Waals surface area contributed by atoms with Crippen molar-refractivity contribution in [3.05, 3.63) is 22.4 Å². The molecule has 2 heterocycles. The Bertz CT molecular complexity index is 485. The van der Waals surface area contributed by atoms with Crippen LogP contribution in [0.2, 0.25) is 0 Å². The van der Waals surface area contributed by atoms with Crippen molar-refractivity contribution in [3.63, 3.8) is 0 Å². The summed E-state index contributed by atoms with van der Waals surface area (Å²) in [5, 5.41) is 3.76. The average Bonchev–Trinajstić information content (AvgIpc) is 2.80. The SMILES string of the molecule is CC(C)(N)C(=O)N1CCCN(C(=O)c2ccsc2)CC1.Cl. The number of nitrogens with two attached hydrogens (primary N) is 1. The van der Waals surface area contributed by atoms with Gasteiger partial charge in [-0.05, 0) is 31.7 Å². The largest absolute Gasteiger partial charge is 0.339 e. The Hall–Kier alpha value is -1.11. The molecular weight excluding hydrogens is 310 g/mol. The minimum Gasteiger partial charge on any atom is -0.339 e. The van der Waals surface area contributed by atoms with Crippen LogP contribution in [0, 0.1) is 0 Å². The number of thiophene rings is 1. The first-order chi connectivity index (χ1) is 9.39. The van der Waals surface area contributed by atoms with Crippen LogP contribution in [0.4, 0.5) is 0 Å². The van der Waals surface area contributed by atoms with E-state index < -0.39 is 5.54 Å². The van der Waals surface area contributed by atoms with E-state index in [1.807, 2.05) is 21.7 Å². The molecule has 0 aromatic carbocycles. The zero-order valence-corrected chi connectivity index (χ0v) is 14.0. The Morgan fingerprint density at radius 1 is 1.19 bits per heavy atom. The van der Waals surface area contributed by atoms with Gasteiger partial charge in [-0.25, -0.2) is 0 Å². The minimum atomic E-state index is -0.855. The lowest BCUT2D eigenvalue weighted by Crippen LogP contribution is -2.52. The number of rotatable bonds is 2. The minimum absolute atomic E-state index is 0. The smallest absolute Gasteiger partial charge is 0.254 e. The van der Waals surface area contributed by atoms with E-state index in [4.69, 9.17) is 5.73 Å². The van der Waals surface area contributed by atoms with Gasteiger partial charge in [-0.2, -0.15) is 11.3 Å². The van der Waals surface area contributed by atoms with E-state index in [0.717, 1.165) is 12.0 Å². The molecule has 1 saturated heterocycles. The van der Waals surface area contributed by atoms with Crippen LogP contribution in [0.5, 0.6) is 0 Å². The Balaban J connectivity index is 0.00000220. The number of hydrogen-bond acceptors (Lipinski definition) is 4. The maximum absolute atomic E-state index is 12.3. The van der Waals surface area contributed by atoms with Crippen LogP contribution < -0.4 is 5.73 Å². The van der Waals surface area contributed by atoms with E-state index in [1.54, 1.807) is 18.7 Å². The van der Waals surface area contributed by atoms with Crippen LogP contribution in [-0.2, 0) is 4.79 Å². The Kier molecular flexibility index (Phi) is 6.19. The lowest BCUT2D eigenvalue weighted by atomic mass is 10.1. The van der Waals surface area contributed by atoms with Crippen molar-refractivity contribution in [3.8, 4) is 0 Å². The molecule has 0 saturated carbocycles. The quantitative estimate of drug-likeness (QED) is 0.894. The molecule has 1 aromatic rings. The first kappa shape index (κ1) is 17.9. The van der Waals surface area contributed by atoms with Crippen molar-refractivity contribution >= 4 is 35.6 Å². The average molecular weight is 332 g/mol. The van der Waals surface area contributed by atoms with Gasteiger partial charge < -0.3 is 15.5 Å². The van der Waals surface area contributed by atoms with Crippen LogP contribution in [0.15, 0.2) is 16.8 Å². The summed E-state index contributed by atoms with van der Waals surface area (Å²) in [6.07, 6.45) is 0.789. The highest BCUT2D eigenvalue weighted by molar-refractivity contribution is 7.08. The topological polar surface area (TPSA) is 66.6 Å². The number of carbonyl (C=O) groups is 2. The molecule has 1 aromatic heterocycles. The number of hydrogen-bond donors (Lipinski definition) is 1. The van der Waals surface area contributed by atoms with Crippen molar-refractivity contribution in [2.75, 3.05) is 26.2 Å². The van der Waals surface area contributed by atoms with Crippen molar-refractivity contribution in [2.24, 2.45) is 5.73 Å². The summed E-state index contributed by atoms with van der Waals surface area (Å²) in [5.41, 5.74) is 5.74. The molecule has 0 radical (unpaired) electrons. The summed E-state index contributed by atoms with van der Waals surface area (Å²) in [4.78, 5) is 28.1. The molecule has 2 rings (SSSR count). The van der Waals surface area contributed by atoms with E-state index in [-0.39, 0.29) is 24.2 Å². The second-order valence-corrected chi connectivity index (χ2v) is 6.45. The van der Waals surface area contributed by atoms with E-state index in [1.165, 1.54) is 11.3 Å². The van der Waals surface area contributed by atoms with Gasteiger partial charge in [0.25, 0.3) is 5.91 Å². The van der Waals surface area contributed by atoms with Gasteiger partial charge in [0.15, 0.2) is 0 Å². The number of carbonyl (C=O) groups excluding carboxylic acids is 2. The van der Waals surface area contributed by atoms with Gasteiger partial charge in [0.05, 0.1) is 11.1 Å². The highest BCUT2D eigenvalue weighted by Crippen LogP contribution is 2.13. The second-order valence-electron chi connectivity index (χ2n) is 5.67. The number of nitrogens with zero attached hydrogens (tertiary/aromatic N) is 2. The highest BCUT2D eigenvalue weighted by atomic mass is 35.5. The van der Waals surface area contributed by atoms with Crippen molar-refractivity contribution in [2.45, 2.75) is 25.8 Å². The molecule has 7 heteroatoms. The summed E-state index contributed by atoms with van der Waals surface area (Å²) in [5.74, 6) is -0.00473. The summed E-state index contributed by atoms with van der Waals surface area (Å²) in [6, 6.07) is 1.84. The fraction of sp³-hybridized carbons (Fsp3) is 0.571. The van der Waals surface area contributed by atoms with Gasteiger partial charge >= 0.3 is 0 Å². The molecule has 0 bridgehead atoms. The number of halogens is 1. The van der Waals surface area contributed by atoms with Crippen molar-refractivity contribution < 1.29 is 9.59 Å². The molecule has 1 fully saturated rings. The molecule has 21 heavy (non-hydrogen) atoms. The summed E-state index contributed by atoms with van der Waals surface area (Å²) in [7, 11) is 0. The standard InChI is InChI=1S/C14H21N3O2S.ClH/c1-14(2,15)13(19)17-6-3-5-16(7-8-17)12(18)11-4-9-20-10-11;/h4,9-10H,3,5-8,15H2,1-2H3;1H. The maximum Gasteiger partial charge on any atom is 0.254 e. The lowest BCUT2D eigenvalue weighted by Gasteiger charge is -2.28. The first-order valence-corrected chi connectivity index (χ1v) is 7.73. The molecule has 5 nitrogen and oxygen atoms in total. The zero-order chi connectivity index (χ0) is 14.8. The van der Waals surface area contributed by atoms with Gasteiger partial charge in [0.2, 0.25) is 5.91 Å². The van der Waals surface area contributed by atoms with E-state index >= 15 is 0 Å². The van der Waals surface area contributed by atoms with Crippen LogP contribution in [0.1, 0.15) is 30.6 Å².